The number of carboxylic acids is 1. The number of aryl methyl sites for hydroxylation is 1. The van der Waals surface area contributed by atoms with Gasteiger partial charge in [0.1, 0.15) is 16.7 Å². The molecule has 21 heavy (non-hydrogen) atoms. The molecule has 0 radical (unpaired) electrons. The molecule has 1 aromatic carbocycles. The van der Waals surface area contributed by atoms with E-state index in [1.807, 2.05) is 6.07 Å². The molecule has 0 saturated carbocycles. The van der Waals surface area contributed by atoms with Crippen molar-refractivity contribution < 1.29 is 18.3 Å². The van der Waals surface area contributed by atoms with Gasteiger partial charge in [-0.3, -0.25) is 4.72 Å². The van der Waals surface area contributed by atoms with E-state index in [1.54, 1.807) is 19.1 Å². The lowest BCUT2D eigenvalue weighted by Crippen LogP contribution is -2.13. The van der Waals surface area contributed by atoms with Crippen molar-refractivity contribution in [3.8, 4) is 6.07 Å². The molecule has 0 spiro atoms. The number of carboxylic acid groups (broad SMARTS) is 1. The maximum atomic E-state index is 12.2. The van der Waals surface area contributed by atoms with E-state index in [0.29, 0.717) is 5.56 Å². The van der Waals surface area contributed by atoms with Gasteiger partial charge in [-0.1, -0.05) is 12.1 Å². The number of aromatic nitrogens is 1. The van der Waals surface area contributed by atoms with E-state index < -0.39 is 16.0 Å². The van der Waals surface area contributed by atoms with Crippen LogP contribution in [0.4, 0.5) is 5.69 Å². The van der Waals surface area contributed by atoms with Crippen LogP contribution in [0, 0.1) is 18.3 Å². The van der Waals surface area contributed by atoms with Crippen LogP contribution < -0.4 is 4.72 Å². The van der Waals surface area contributed by atoms with Gasteiger partial charge >= 0.3 is 5.97 Å². The number of hydrogen-bond acceptors (Lipinski definition) is 4. The molecule has 0 bridgehead atoms. The summed E-state index contributed by atoms with van der Waals surface area (Å²) in [6.07, 6.45) is 1.08. The van der Waals surface area contributed by atoms with Gasteiger partial charge in [-0.15, -0.1) is 0 Å². The van der Waals surface area contributed by atoms with Crippen LogP contribution in [0.1, 0.15) is 21.6 Å². The second-order valence-corrected chi connectivity index (χ2v) is 5.95. The number of carbonyl (C=O) groups is 1. The van der Waals surface area contributed by atoms with E-state index in [4.69, 9.17) is 10.4 Å². The lowest BCUT2D eigenvalue weighted by Gasteiger charge is -2.09. The zero-order valence-electron chi connectivity index (χ0n) is 10.9. The number of sulfonamides is 1. The highest BCUT2D eigenvalue weighted by atomic mass is 32.2. The molecule has 1 heterocycles. The van der Waals surface area contributed by atoms with Gasteiger partial charge in [0.25, 0.3) is 10.0 Å². The molecular weight excluding hydrogens is 294 g/mol. The van der Waals surface area contributed by atoms with Crippen LogP contribution in [0.2, 0.25) is 0 Å². The molecule has 0 aliphatic heterocycles. The number of anilines is 1. The third-order valence-corrected chi connectivity index (χ3v) is 4.17. The van der Waals surface area contributed by atoms with Gasteiger partial charge in [0.05, 0.1) is 11.3 Å². The molecule has 0 unspecified atom stereocenters. The largest absolute Gasteiger partial charge is 0.477 e. The Morgan fingerprint density at radius 2 is 2.14 bits per heavy atom. The van der Waals surface area contributed by atoms with Crippen molar-refractivity contribution in [1.29, 1.82) is 5.26 Å². The SMILES string of the molecule is Cc1cccc(NS(=O)(=O)c2c[nH]c(C(=O)O)c2)c1C#N. The van der Waals surface area contributed by atoms with Crippen LogP contribution in [-0.4, -0.2) is 24.5 Å². The minimum atomic E-state index is -3.97. The van der Waals surface area contributed by atoms with Gasteiger partial charge in [0.2, 0.25) is 0 Å². The molecule has 0 aliphatic rings. The number of nitriles is 1. The fourth-order valence-electron chi connectivity index (χ4n) is 1.76. The summed E-state index contributed by atoms with van der Waals surface area (Å²) in [5.74, 6) is -1.26. The zero-order valence-corrected chi connectivity index (χ0v) is 11.7. The number of hydrogen-bond donors (Lipinski definition) is 3. The average Bonchev–Trinajstić information content (AvgIpc) is 2.89. The van der Waals surface area contributed by atoms with E-state index in [9.17, 15) is 13.2 Å². The molecule has 0 atom stereocenters. The van der Waals surface area contributed by atoms with Gasteiger partial charge in [-0.05, 0) is 24.6 Å². The minimum absolute atomic E-state index is 0.149. The Hall–Kier alpha value is -2.79. The highest BCUT2D eigenvalue weighted by Gasteiger charge is 2.20. The molecule has 0 fully saturated rings. The van der Waals surface area contributed by atoms with Crippen LogP contribution in [-0.2, 0) is 10.0 Å². The summed E-state index contributed by atoms with van der Waals surface area (Å²) in [5.41, 5.74) is 0.767. The van der Waals surface area contributed by atoms with Crippen LogP contribution in [0.25, 0.3) is 0 Å². The Kier molecular flexibility index (Phi) is 3.69. The second kappa shape index (κ2) is 5.30. The highest BCUT2D eigenvalue weighted by molar-refractivity contribution is 7.92. The number of aromatic carboxylic acids is 1. The molecule has 2 aromatic rings. The number of nitrogens with zero attached hydrogens (tertiary/aromatic N) is 1. The first-order chi connectivity index (χ1) is 9.85. The van der Waals surface area contributed by atoms with Gasteiger partial charge in [-0.2, -0.15) is 5.26 Å². The summed E-state index contributed by atoms with van der Waals surface area (Å²) >= 11 is 0. The maximum absolute atomic E-state index is 12.2. The molecule has 2 rings (SSSR count). The van der Waals surface area contributed by atoms with Crippen molar-refractivity contribution in [2.75, 3.05) is 4.72 Å². The minimum Gasteiger partial charge on any atom is -0.477 e. The summed E-state index contributed by atoms with van der Waals surface area (Å²) in [4.78, 5) is 12.9. The predicted molar refractivity (Wildman–Crippen MR) is 74.5 cm³/mol. The summed E-state index contributed by atoms with van der Waals surface area (Å²) < 4.78 is 26.7. The van der Waals surface area contributed by atoms with Crippen LogP contribution in [0.3, 0.4) is 0 Å². The van der Waals surface area contributed by atoms with E-state index in [2.05, 4.69) is 9.71 Å². The molecule has 3 N–H and O–H groups in total. The lowest BCUT2D eigenvalue weighted by molar-refractivity contribution is 0.0691. The van der Waals surface area contributed by atoms with Gasteiger partial charge in [0, 0.05) is 6.20 Å². The average molecular weight is 305 g/mol. The summed E-state index contributed by atoms with van der Waals surface area (Å²) in [6, 6.07) is 7.71. The van der Waals surface area contributed by atoms with E-state index >= 15 is 0 Å². The summed E-state index contributed by atoms with van der Waals surface area (Å²) in [5, 5.41) is 17.9. The standard InChI is InChI=1S/C13H11N3O4S/c1-8-3-2-4-11(10(8)6-14)16-21(19,20)9-5-12(13(17)18)15-7-9/h2-5,7,15-16H,1H3,(H,17,18). The zero-order chi connectivity index (χ0) is 15.6. The van der Waals surface area contributed by atoms with Gasteiger partial charge in [0.15, 0.2) is 0 Å². The predicted octanol–water partition coefficient (Wildman–Crippen LogP) is 1.69. The lowest BCUT2D eigenvalue weighted by atomic mass is 10.1. The first-order valence-corrected chi connectivity index (χ1v) is 7.27. The van der Waals surface area contributed by atoms with Crippen molar-refractivity contribution in [2.24, 2.45) is 0 Å². The van der Waals surface area contributed by atoms with Crippen molar-refractivity contribution in [1.82, 2.24) is 4.98 Å². The molecule has 0 aliphatic carbocycles. The third kappa shape index (κ3) is 2.88. The number of nitrogens with one attached hydrogen (secondary N) is 2. The van der Waals surface area contributed by atoms with Crippen LogP contribution in [0.5, 0.6) is 0 Å². The molecule has 8 heteroatoms. The quantitative estimate of drug-likeness (QED) is 0.793. The molecule has 108 valence electrons. The first-order valence-electron chi connectivity index (χ1n) is 5.79. The van der Waals surface area contributed by atoms with Crippen molar-refractivity contribution in [2.45, 2.75) is 11.8 Å². The van der Waals surface area contributed by atoms with Crippen molar-refractivity contribution in [3.63, 3.8) is 0 Å². The summed E-state index contributed by atoms with van der Waals surface area (Å²) in [7, 11) is -3.97. The van der Waals surface area contributed by atoms with Crippen molar-refractivity contribution >= 4 is 21.7 Å². The fourth-order valence-corrected chi connectivity index (χ4v) is 2.82. The molecular formula is C13H11N3O4S. The molecule has 0 amide bonds. The smallest absolute Gasteiger partial charge is 0.352 e. The Morgan fingerprint density at radius 3 is 2.71 bits per heavy atom. The van der Waals surface area contributed by atoms with E-state index in [0.717, 1.165) is 12.3 Å². The third-order valence-electron chi connectivity index (χ3n) is 2.83. The normalized spacial score (nSPS) is 10.9. The number of benzene rings is 1. The second-order valence-electron chi connectivity index (χ2n) is 4.27. The number of aromatic amines is 1. The monoisotopic (exact) mass is 305 g/mol. The molecule has 1 aromatic heterocycles. The Bertz CT molecular complexity index is 847. The number of H-pyrrole nitrogens is 1. The van der Waals surface area contributed by atoms with E-state index in [1.165, 1.54) is 6.07 Å². The number of rotatable bonds is 4. The van der Waals surface area contributed by atoms with Crippen molar-refractivity contribution in [3.05, 3.63) is 47.3 Å². The van der Waals surface area contributed by atoms with E-state index in [-0.39, 0.29) is 21.8 Å². The first kappa shape index (κ1) is 14.6. The maximum Gasteiger partial charge on any atom is 0.352 e. The van der Waals surface area contributed by atoms with Crippen LogP contribution >= 0.6 is 0 Å². The van der Waals surface area contributed by atoms with Gasteiger partial charge < -0.3 is 10.1 Å². The highest BCUT2D eigenvalue weighted by Crippen LogP contribution is 2.22. The Morgan fingerprint density at radius 1 is 1.43 bits per heavy atom. The summed E-state index contributed by atoms with van der Waals surface area (Å²) in [6.45, 7) is 1.69. The molecule has 7 nitrogen and oxygen atoms in total. The fraction of sp³-hybridized carbons (Fsp3) is 0.0769. The Balaban J connectivity index is 2.40. The molecule has 0 saturated heterocycles. The van der Waals surface area contributed by atoms with Gasteiger partial charge in [-0.25, -0.2) is 13.2 Å². The Labute approximate surface area is 120 Å². The topological polar surface area (TPSA) is 123 Å². The van der Waals surface area contributed by atoms with Crippen LogP contribution in [0.15, 0.2) is 35.4 Å².